The van der Waals surface area contributed by atoms with Gasteiger partial charge in [-0.3, -0.25) is 0 Å². The smallest absolute Gasteiger partial charge is 0.115 e. The van der Waals surface area contributed by atoms with Crippen molar-refractivity contribution in [1.29, 1.82) is 0 Å². The second kappa shape index (κ2) is 7.91. The maximum Gasteiger partial charge on any atom is 0.115 e. The molecular weight excluding hydrogens is 220 g/mol. The Morgan fingerprint density at radius 1 is 0.889 bits per heavy atom. The number of para-hydroxylation sites is 1. The van der Waals surface area contributed by atoms with Crippen LogP contribution in [0.5, 0.6) is 5.75 Å². The Hall–Kier alpha value is -2.28. The van der Waals surface area contributed by atoms with Gasteiger partial charge in [0.2, 0.25) is 0 Å². The molecule has 2 aromatic rings. The van der Waals surface area contributed by atoms with Gasteiger partial charge >= 0.3 is 0 Å². The van der Waals surface area contributed by atoms with Crippen LogP contribution in [0.1, 0.15) is 11.1 Å². The molecule has 0 saturated carbocycles. The van der Waals surface area contributed by atoms with E-state index >= 15 is 0 Å². The minimum Gasteiger partial charge on any atom is -0.508 e. The molecule has 0 spiro atoms. The lowest BCUT2D eigenvalue weighted by molar-refractivity contribution is 0.475. The molecule has 2 rings (SSSR count). The lowest BCUT2D eigenvalue weighted by atomic mass is 10.1. The Balaban J connectivity index is 0.000000199. The van der Waals surface area contributed by atoms with Crippen LogP contribution < -0.4 is 0 Å². The second-order valence-electron chi connectivity index (χ2n) is 3.73. The third-order valence-corrected chi connectivity index (χ3v) is 2.40. The highest BCUT2D eigenvalue weighted by Crippen LogP contribution is 2.10. The van der Waals surface area contributed by atoms with Gasteiger partial charge in [0.05, 0.1) is 0 Å². The molecule has 0 aromatic heterocycles. The highest BCUT2D eigenvalue weighted by atomic mass is 16.3. The second-order valence-corrected chi connectivity index (χ2v) is 3.73. The number of benzene rings is 2. The summed E-state index contributed by atoms with van der Waals surface area (Å²) < 4.78 is 0. The molecule has 2 aromatic carbocycles. The van der Waals surface area contributed by atoms with Gasteiger partial charge < -0.3 is 5.11 Å². The van der Waals surface area contributed by atoms with E-state index in [9.17, 15) is 0 Å². The maximum absolute atomic E-state index is 8.63. The van der Waals surface area contributed by atoms with Gasteiger partial charge in [-0.1, -0.05) is 61.2 Å². The number of rotatable bonds is 3. The molecule has 0 bridgehead atoms. The molecule has 0 aliphatic heterocycles. The molecule has 1 nitrogen and oxygen atoms in total. The van der Waals surface area contributed by atoms with Gasteiger partial charge in [-0.2, -0.15) is 0 Å². The molecule has 1 N–H and O–H groups in total. The normalized spacial score (nSPS) is 8.89. The van der Waals surface area contributed by atoms with Crippen molar-refractivity contribution in [2.75, 3.05) is 0 Å². The van der Waals surface area contributed by atoms with Crippen LogP contribution in [0.15, 0.2) is 73.8 Å². The van der Waals surface area contributed by atoms with Gasteiger partial charge in [0.15, 0.2) is 0 Å². The molecule has 0 aliphatic rings. The third kappa shape index (κ3) is 4.71. The summed E-state index contributed by atoms with van der Waals surface area (Å²) in [6, 6.07) is 16.9. The van der Waals surface area contributed by atoms with E-state index in [1.807, 2.05) is 30.4 Å². The first-order valence-corrected chi connectivity index (χ1v) is 5.83. The first-order valence-electron chi connectivity index (χ1n) is 5.83. The van der Waals surface area contributed by atoms with Crippen molar-refractivity contribution in [2.45, 2.75) is 6.42 Å². The van der Waals surface area contributed by atoms with Crippen molar-refractivity contribution in [3.8, 4) is 5.75 Å². The standard InChI is InChI=1S/C11H12.C6H6O/c1-3-7-11-9-6-5-8-10(11)4-2;7-6-4-2-1-3-5-6/h3-6,8-9H,1-2,7H2;1-5,7H. The minimum atomic E-state index is 0.322. The summed E-state index contributed by atoms with van der Waals surface area (Å²) in [7, 11) is 0. The largest absolute Gasteiger partial charge is 0.508 e. The maximum atomic E-state index is 8.63. The molecular formula is C17H18O. The van der Waals surface area contributed by atoms with Crippen molar-refractivity contribution in [3.63, 3.8) is 0 Å². The van der Waals surface area contributed by atoms with Gasteiger partial charge in [0.1, 0.15) is 5.75 Å². The molecule has 92 valence electrons. The van der Waals surface area contributed by atoms with Crippen LogP contribution in [0.2, 0.25) is 0 Å². The number of phenolic OH excluding ortho intramolecular Hbond substituents is 1. The van der Waals surface area contributed by atoms with Crippen LogP contribution in [0.25, 0.3) is 6.08 Å². The highest BCUT2D eigenvalue weighted by Gasteiger charge is 1.93. The van der Waals surface area contributed by atoms with E-state index < -0.39 is 0 Å². The fourth-order valence-electron chi connectivity index (χ4n) is 1.50. The van der Waals surface area contributed by atoms with Crippen LogP contribution in [-0.2, 0) is 6.42 Å². The van der Waals surface area contributed by atoms with Gasteiger partial charge in [0, 0.05) is 0 Å². The van der Waals surface area contributed by atoms with Crippen LogP contribution >= 0.6 is 0 Å². The van der Waals surface area contributed by atoms with E-state index in [-0.39, 0.29) is 0 Å². The summed E-state index contributed by atoms with van der Waals surface area (Å²) in [5.74, 6) is 0.322. The molecule has 1 heteroatoms. The fraction of sp³-hybridized carbons (Fsp3) is 0.0588. The van der Waals surface area contributed by atoms with Gasteiger partial charge in [-0.25, -0.2) is 0 Å². The minimum absolute atomic E-state index is 0.322. The summed E-state index contributed by atoms with van der Waals surface area (Å²) in [5, 5.41) is 8.63. The lowest BCUT2D eigenvalue weighted by Gasteiger charge is -2.00. The summed E-state index contributed by atoms with van der Waals surface area (Å²) in [4.78, 5) is 0. The van der Waals surface area contributed by atoms with Crippen LogP contribution in [0.3, 0.4) is 0 Å². The zero-order valence-electron chi connectivity index (χ0n) is 10.4. The van der Waals surface area contributed by atoms with E-state index in [2.05, 4.69) is 25.3 Å². The zero-order chi connectivity index (χ0) is 13.2. The highest BCUT2D eigenvalue weighted by molar-refractivity contribution is 5.52. The van der Waals surface area contributed by atoms with Crippen molar-refractivity contribution >= 4 is 6.08 Å². The summed E-state index contributed by atoms with van der Waals surface area (Å²) in [5.41, 5.74) is 2.49. The van der Waals surface area contributed by atoms with Crippen LogP contribution in [-0.4, -0.2) is 5.11 Å². The monoisotopic (exact) mass is 238 g/mol. The molecule has 0 saturated heterocycles. The van der Waals surface area contributed by atoms with Crippen LogP contribution in [0.4, 0.5) is 0 Å². The summed E-state index contributed by atoms with van der Waals surface area (Å²) >= 11 is 0. The van der Waals surface area contributed by atoms with Gasteiger partial charge in [-0.15, -0.1) is 6.58 Å². The van der Waals surface area contributed by atoms with Crippen LogP contribution in [0, 0.1) is 0 Å². The predicted octanol–water partition coefficient (Wildman–Crippen LogP) is 4.45. The number of hydrogen-bond donors (Lipinski definition) is 1. The zero-order valence-corrected chi connectivity index (χ0v) is 10.4. The Labute approximate surface area is 109 Å². The molecule has 0 unspecified atom stereocenters. The average Bonchev–Trinajstić information content (AvgIpc) is 2.41. The van der Waals surface area contributed by atoms with Gasteiger partial charge in [-0.05, 0) is 29.7 Å². The molecule has 18 heavy (non-hydrogen) atoms. The Bertz CT molecular complexity index is 486. The number of aromatic hydroxyl groups is 1. The number of phenols is 1. The van der Waals surface area contributed by atoms with Crippen molar-refractivity contribution in [1.82, 2.24) is 0 Å². The molecule has 0 aliphatic carbocycles. The molecule has 0 atom stereocenters. The summed E-state index contributed by atoms with van der Waals surface area (Å²) in [6.07, 6.45) is 4.70. The molecule has 0 amide bonds. The fourth-order valence-corrected chi connectivity index (χ4v) is 1.50. The molecule has 0 heterocycles. The third-order valence-electron chi connectivity index (χ3n) is 2.40. The SMILES string of the molecule is C=CCc1ccccc1C=C.Oc1ccccc1. The topological polar surface area (TPSA) is 20.2 Å². The van der Waals surface area contributed by atoms with Crippen molar-refractivity contribution < 1.29 is 5.11 Å². The summed E-state index contributed by atoms with van der Waals surface area (Å²) in [6.45, 7) is 7.44. The Morgan fingerprint density at radius 2 is 1.50 bits per heavy atom. The molecule has 0 fully saturated rings. The van der Waals surface area contributed by atoms with E-state index in [0.717, 1.165) is 6.42 Å². The van der Waals surface area contributed by atoms with E-state index in [4.69, 9.17) is 5.11 Å². The predicted molar refractivity (Wildman–Crippen MR) is 78.5 cm³/mol. The first-order chi connectivity index (χ1) is 8.77. The Morgan fingerprint density at radius 3 is 2.00 bits per heavy atom. The molecule has 0 radical (unpaired) electrons. The van der Waals surface area contributed by atoms with E-state index in [1.165, 1.54) is 11.1 Å². The van der Waals surface area contributed by atoms with E-state index in [0.29, 0.717) is 5.75 Å². The average molecular weight is 238 g/mol. The van der Waals surface area contributed by atoms with Crippen molar-refractivity contribution in [3.05, 3.63) is 85.0 Å². The lowest BCUT2D eigenvalue weighted by Crippen LogP contribution is -1.84. The van der Waals surface area contributed by atoms with Crippen molar-refractivity contribution in [2.24, 2.45) is 0 Å². The number of allylic oxidation sites excluding steroid dienone is 1. The quantitative estimate of drug-likeness (QED) is 0.783. The van der Waals surface area contributed by atoms with Gasteiger partial charge in [0.25, 0.3) is 0 Å². The number of hydrogen-bond acceptors (Lipinski definition) is 1. The first kappa shape index (κ1) is 13.8. The Kier molecular flexibility index (Phi) is 6.05. The van der Waals surface area contributed by atoms with E-state index in [1.54, 1.807) is 24.3 Å².